The van der Waals surface area contributed by atoms with E-state index in [2.05, 4.69) is 21.2 Å². The summed E-state index contributed by atoms with van der Waals surface area (Å²) in [5, 5.41) is 4.07. The Bertz CT molecular complexity index is 1340. The highest BCUT2D eigenvalue weighted by Gasteiger charge is 2.73. The van der Waals surface area contributed by atoms with Crippen LogP contribution in [0.5, 0.6) is 0 Å². The van der Waals surface area contributed by atoms with Crippen LogP contribution < -0.4 is 5.32 Å². The van der Waals surface area contributed by atoms with E-state index in [1.54, 1.807) is 11.3 Å². The summed E-state index contributed by atoms with van der Waals surface area (Å²) in [5.74, 6) is -1.04. The molecule has 3 saturated carbocycles. The molecular weight excluding hydrogens is 528 g/mol. The van der Waals surface area contributed by atoms with Gasteiger partial charge in [0.1, 0.15) is 10.8 Å². The lowest BCUT2D eigenvalue weighted by Crippen LogP contribution is -2.70. The van der Waals surface area contributed by atoms with Gasteiger partial charge >= 0.3 is 0 Å². The van der Waals surface area contributed by atoms with Crippen LogP contribution in [0, 0.1) is 5.41 Å². The molecule has 1 unspecified atom stereocenters. The van der Waals surface area contributed by atoms with Crippen LogP contribution in [0.3, 0.4) is 0 Å². The number of nitrogens with one attached hydrogen (secondary N) is 1. The van der Waals surface area contributed by atoms with Crippen LogP contribution in [0.15, 0.2) is 34.7 Å². The van der Waals surface area contributed by atoms with Crippen LogP contribution in [0.2, 0.25) is 5.02 Å². The fourth-order valence-electron chi connectivity index (χ4n) is 4.49. The zero-order valence-corrected chi connectivity index (χ0v) is 20.1. The number of aromatic nitrogens is 1. The van der Waals surface area contributed by atoms with Gasteiger partial charge in [0, 0.05) is 16.7 Å². The highest BCUT2D eigenvalue weighted by atomic mass is 79.9. The Morgan fingerprint density at radius 3 is 2.65 bits per heavy atom. The van der Waals surface area contributed by atoms with Gasteiger partial charge in [-0.25, -0.2) is 13.4 Å². The van der Waals surface area contributed by atoms with E-state index in [0.29, 0.717) is 24.3 Å². The second-order valence-corrected chi connectivity index (χ2v) is 13.5. The molecule has 1 aromatic carbocycles. The number of nitrogens with zero attached hydrogens (tertiary/aromatic N) is 1. The Morgan fingerprint density at radius 1 is 1.26 bits per heavy atom. The fourth-order valence-corrected chi connectivity index (χ4v) is 6.71. The number of benzene rings is 1. The third-order valence-corrected chi connectivity index (χ3v) is 11.0. The van der Waals surface area contributed by atoms with Crippen molar-refractivity contribution in [3.8, 4) is 0 Å². The van der Waals surface area contributed by atoms with E-state index >= 15 is 0 Å². The Balaban J connectivity index is 1.25. The lowest BCUT2D eigenvalue weighted by molar-refractivity contribution is -0.174. The van der Waals surface area contributed by atoms with Gasteiger partial charge in [0.15, 0.2) is 19.8 Å². The zero-order chi connectivity index (χ0) is 22.2. The zero-order valence-electron chi connectivity index (χ0n) is 16.1. The number of imide groups is 1. The molecule has 3 aliphatic carbocycles. The Labute approximate surface area is 195 Å². The molecule has 2 aromatic heterocycles. The first-order chi connectivity index (χ1) is 14.5. The average molecular weight is 544 g/mol. The number of carbonyl (C=O) groups is 2. The van der Waals surface area contributed by atoms with Gasteiger partial charge in [-0.3, -0.25) is 14.9 Å². The van der Waals surface area contributed by atoms with Crippen molar-refractivity contribution in [3.05, 3.63) is 51.9 Å². The highest BCUT2D eigenvalue weighted by Crippen LogP contribution is 2.74. The van der Waals surface area contributed by atoms with E-state index < -0.39 is 25.3 Å². The largest absolute Gasteiger partial charge is 0.454 e. The van der Waals surface area contributed by atoms with Crippen LogP contribution in [0.1, 0.15) is 44.7 Å². The molecule has 0 spiro atoms. The van der Waals surface area contributed by atoms with E-state index in [4.69, 9.17) is 21.0 Å². The minimum Gasteiger partial charge on any atom is -0.454 e. The van der Waals surface area contributed by atoms with E-state index in [9.17, 15) is 18.0 Å². The van der Waals surface area contributed by atoms with Gasteiger partial charge in [-0.1, -0.05) is 27.5 Å². The molecule has 2 bridgehead atoms. The predicted molar refractivity (Wildman–Crippen MR) is 120 cm³/mol. The number of thiazole rings is 1. The normalized spacial score (nSPS) is 25.5. The molecule has 1 N–H and O–H groups in total. The summed E-state index contributed by atoms with van der Waals surface area (Å²) >= 11 is 10.7. The predicted octanol–water partition coefficient (Wildman–Crippen LogP) is 4.36. The molecule has 2 heterocycles. The molecule has 0 radical (unpaired) electrons. The molecule has 3 aromatic rings. The number of hydrogen-bond acceptors (Lipinski definition) is 7. The maximum absolute atomic E-state index is 12.7. The summed E-state index contributed by atoms with van der Waals surface area (Å²) in [6, 6.07) is 8.35. The monoisotopic (exact) mass is 542 g/mol. The van der Waals surface area contributed by atoms with Crippen molar-refractivity contribution in [2.24, 2.45) is 5.41 Å². The molecule has 7 nitrogen and oxygen atoms in total. The number of hydrogen-bond donors (Lipinski definition) is 1. The van der Waals surface area contributed by atoms with Gasteiger partial charge < -0.3 is 4.42 Å². The number of furan rings is 1. The standard InChI is InChI=1S/C20H16BrClN2O5S2/c1-31(27,28)15(21)12-4-5-13(29-12)16(25)24-17(26)19-7-20(8-19,9-19)18-23-11-3-2-10(22)6-14(11)30-18/h2-6,15H,7-9H2,1H3,(H,24,25,26). The summed E-state index contributed by atoms with van der Waals surface area (Å²) in [4.78, 5) is 29.9. The first-order valence-electron chi connectivity index (χ1n) is 9.37. The molecule has 31 heavy (non-hydrogen) atoms. The highest BCUT2D eigenvalue weighted by molar-refractivity contribution is 9.10. The molecule has 11 heteroatoms. The Kier molecular flexibility index (Phi) is 4.68. The van der Waals surface area contributed by atoms with Crippen LogP contribution in [0.4, 0.5) is 0 Å². The molecule has 2 amide bonds. The summed E-state index contributed by atoms with van der Waals surface area (Å²) in [5.41, 5.74) is 0.230. The number of halogens is 2. The molecule has 3 fully saturated rings. The number of sulfone groups is 1. The van der Waals surface area contributed by atoms with Crippen molar-refractivity contribution in [3.63, 3.8) is 0 Å². The molecule has 162 valence electrons. The number of carbonyl (C=O) groups excluding carboxylic acids is 2. The Morgan fingerprint density at radius 2 is 1.97 bits per heavy atom. The van der Waals surface area contributed by atoms with Gasteiger partial charge in [0.2, 0.25) is 5.91 Å². The minimum atomic E-state index is -3.44. The van der Waals surface area contributed by atoms with Crippen LogP contribution in [0.25, 0.3) is 10.2 Å². The molecule has 0 aliphatic heterocycles. The van der Waals surface area contributed by atoms with Crippen molar-refractivity contribution >= 4 is 70.7 Å². The molecular formula is C20H16BrClN2O5S2. The van der Waals surface area contributed by atoms with E-state index in [0.717, 1.165) is 21.5 Å². The minimum absolute atomic E-state index is 0.0838. The van der Waals surface area contributed by atoms with E-state index in [-0.39, 0.29) is 22.8 Å². The van der Waals surface area contributed by atoms with E-state index in [1.165, 1.54) is 12.1 Å². The van der Waals surface area contributed by atoms with Crippen molar-refractivity contribution in [1.29, 1.82) is 0 Å². The molecule has 3 aliphatic rings. The second-order valence-electron chi connectivity index (χ2n) is 8.35. The van der Waals surface area contributed by atoms with Gasteiger partial charge in [-0.15, -0.1) is 11.3 Å². The van der Waals surface area contributed by atoms with Crippen molar-refractivity contribution in [2.75, 3.05) is 6.26 Å². The summed E-state index contributed by atoms with van der Waals surface area (Å²) in [6.45, 7) is 0. The summed E-state index contributed by atoms with van der Waals surface area (Å²) < 4.78 is 28.5. The van der Waals surface area contributed by atoms with Crippen LogP contribution in [-0.2, 0) is 20.0 Å². The van der Waals surface area contributed by atoms with Crippen molar-refractivity contribution in [2.45, 2.75) is 28.8 Å². The molecule has 0 saturated heterocycles. The number of amides is 2. The van der Waals surface area contributed by atoms with Crippen molar-refractivity contribution < 1.29 is 22.4 Å². The maximum Gasteiger partial charge on any atom is 0.293 e. The van der Waals surface area contributed by atoms with Crippen LogP contribution >= 0.6 is 38.9 Å². The quantitative estimate of drug-likeness (QED) is 0.379. The smallest absolute Gasteiger partial charge is 0.293 e. The van der Waals surface area contributed by atoms with Gasteiger partial charge in [-0.2, -0.15) is 0 Å². The third-order valence-electron chi connectivity index (χ3n) is 5.99. The topological polar surface area (TPSA) is 106 Å². The average Bonchev–Trinajstić information content (AvgIpc) is 3.24. The summed E-state index contributed by atoms with van der Waals surface area (Å²) in [7, 11) is -3.44. The third kappa shape index (κ3) is 3.35. The van der Waals surface area contributed by atoms with E-state index in [1.807, 2.05) is 18.2 Å². The number of fused-ring (bicyclic) bond motifs is 1. The Hall–Kier alpha value is -1.75. The molecule has 6 rings (SSSR count). The maximum atomic E-state index is 12.7. The lowest BCUT2D eigenvalue weighted by Gasteiger charge is -2.68. The van der Waals surface area contributed by atoms with Gasteiger partial charge in [-0.05, 0) is 49.6 Å². The fraction of sp³-hybridized carbons (Fsp3) is 0.350. The SMILES string of the molecule is CS(=O)(=O)C(Br)c1ccc(C(=O)NC(=O)C23CC(c4nc5ccc(Cl)cc5s4)(C2)C3)o1. The second kappa shape index (κ2) is 6.87. The van der Waals surface area contributed by atoms with Gasteiger partial charge in [0.25, 0.3) is 5.91 Å². The number of rotatable bonds is 5. The lowest BCUT2D eigenvalue weighted by atomic mass is 9.35. The summed E-state index contributed by atoms with van der Waals surface area (Å²) in [6.07, 6.45) is 2.99. The van der Waals surface area contributed by atoms with Crippen LogP contribution in [-0.4, -0.2) is 31.5 Å². The molecule has 1 atom stereocenters. The van der Waals surface area contributed by atoms with Gasteiger partial charge in [0.05, 0.1) is 15.6 Å². The van der Waals surface area contributed by atoms with Crippen molar-refractivity contribution in [1.82, 2.24) is 10.3 Å². The first-order valence-corrected chi connectivity index (χ1v) is 13.4. The first kappa shape index (κ1) is 21.1. The number of alkyl halides is 1.